The topological polar surface area (TPSA) is 70.7 Å². The second-order valence-corrected chi connectivity index (χ2v) is 6.46. The summed E-state index contributed by atoms with van der Waals surface area (Å²) in [4.78, 5) is 25.7. The van der Waals surface area contributed by atoms with Crippen LogP contribution in [0.1, 0.15) is 17.3 Å². The van der Waals surface area contributed by atoms with Crippen molar-refractivity contribution in [3.8, 4) is 5.75 Å². The molecular formula is C21H25N3O3. The van der Waals surface area contributed by atoms with Crippen LogP contribution in [0, 0.1) is 0 Å². The van der Waals surface area contributed by atoms with Gasteiger partial charge in [-0.1, -0.05) is 18.7 Å². The molecule has 0 aliphatic carbocycles. The van der Waals surface area contributed by atoms with Crippen LogP contribution in [0.25, 0.3) is 0 Å². The summed E-state index contributed by atoms with van der Waals surface area (Å²) >= 11 is 0. The molecule has 2 aromatic rings. The van der Waals surface area contributed by atoms with Crippen molar-refractivity contribution in [3.05, 3.63) is 66.2 Å². The molecule has 0 unspecified atom stereocenters. The standard InChI is InChI=1S/C21H25N3O3/c1-15(2)14-27-19-10-6-8-17(12-19)22-13-20(25)23-18-9-5-7-16(11-18)21(26)24(3)4/h5-12,22H,1,13-14H2,2-4H3,(H,23,25). The number of hydrogen-bond acceptors (Lipinski definition) is 4. The zero-order valence-electron chi connectivity index (χ0n) is 15.9. The minimum absolute atomic E-state index is 0.0930. The number of amides is 2. The quantitative estimate of drug-likeness (QED) is 0.702. The average molecular weight is 367 g/mol. The van der Waals surface area contributed by atoms with Crippen LogP contribution in [0.2, 0.25) is 0 Å². The van der Waals surface area contributed by atoms with Gasteiger partial charge >= 0.3 is 0 Å². The molecule has 6 heteroatoms. The number of nitrogens with zero attached hydrogens (tertiary/aromatic N) is 1. The van der Waals surface area contributed by atoms with Gasteiger partial charge in [0.05, 0.1) is 6.54 Å². The van der Waals surface area contributed by atoms with Gasteiger partial charge in [-0.3, -0.25) is 9.59 Å². The van der Waals surface area contributed by atoms with Gasteiger partial charge in [-0.25, -0.2) is 0 Å². The summed E-state index contributed by atoms with van der Waals surface area (Å²) in [6, 6.07) is 14.2. The Morgan fingerprint density at radius 3 is 2.48 bits per heavy atom. The summed E-state index contributed by atoms with van der Waals surface area (Å²) in [6.07, 6.45) is 0. The fourth-order valence-corrected chi connectivity index (χ4v) is 2.28. The number of rotatable bonds is 8. The van der Waals surface area contributed by atoms with Gasteiger partial charge in [0.25, 0.3) is 5.91 Å². The van der Waals surface area contributed by atoms with E-state index >= 15 is 0 Å². The molecule has 0 spiro atoms. The molecule has 27 heavy (non-hydrogen) atoms. The van der Waals surface area contributed by atoms with E-state index in [-0.39, 0.29) is 18.4 Å². The van der Waals surface area contributed by atoms with Gasteiger partial charge in [0, 0.05) is 37.1 Å². The Balaban J connectivity index is 1.91. The van der Waals surface area contributed by atoms with Crippen LogP contribution in [0.15, 0.2) is 60.7 Å². The van der Waals surface area contributed by atoms with Crippen LogP contribution < -0.4 is 15.4 Å². The summed E-state index contributed by atoms with van der Waals surface area (Å²) in [6.45, 7) is 6.24. The van der Waals surface area contributed by atoms with Gasteiger partial charge in [-0.15, -0.1) is 0 Å². The van der Waals surface area contributed by atoms with Crippen molar-refractivity contribution in [1.82, 2.24) is 4.90 Å². The zero-order chi connectivity index (χ0) is 19.8. The zero-order valence-corrected chi connectivity index (χ0v) is 15.9. The molecule has 6 nitrogen and oxygen atoms in total. The SMILES string of the molecule is C=C(C)COc1cccc(NCC(=O)Nc2cccc(C(=O)N(C)C)c2)c1. The lowest BCUT2D eigenvalue weighted by atomic mass is 10.2. The predicted molar refractivity (Wildman–Crippen MR) is 108 cm³/mol. The maximum Gasteiger partial charge on any atom is 0.253 e. The normalized spacial score (nSPS) is 10.0. The third kappa shape index (κ3) is 6.51. The van der Waals surface area contributed by atoms with Crippen LogP contribution in [0.5, 0.6) is 5.75 Å². The summed E-state index contributed by atoms with van der Waals surface area (Å²) in [5.74, 6) is 0.381. The van der Waals surface area contributed by atoms with Crippen molar-refractivity contribution in [2.45, 2.75) is 6.92 Å². The lowest BCUT2D eigenvalue weighted by molar-refractivity contribution is -0.114. The number of ether oxygens (including phenoxy) is 1. The lowest BCUT2D eigenvalue weighted by Crippen LogP contribution is -2.23. The number of carbonyl (C=O) groups is 2. The Labute approximate surface area is 159 Å². The fraction of sp³-hybridized carbons (Fsp3) is 0.238. The highest BCUT2D eigenvalue weighted by atomic mass is 16.5. The first-order valence-electron chi connectivity index (χ1n) is 8.58. The van der Waals surface area contributed by atoms with Gasteiger partial charge in [-0.2, -0.15) is 0 Å². The second-order valence-electron chi connectivity index (χ2n) is 6.46. The van der Waals surface area contributed by atoms with Gasteiger partial charge in [0.15, 0.2) is 0 Å². The molecule has 0 saturated heterocycles. The first-order valence-corrected chi connectivity index (χ1v) is 8.58. The van der Waals surface area contributed by atoms with E-state index in [2.05, 4.69) is 17.2 Å². The highest BCUT2D eigenvalue weighted by Crippen LogP contribution is 2.18. The minimum atomic E-state index is -0.210. The molecule has 0 bridgehead atoms. The number of benzene rings is 2. The van der Waals surface area contributed by atoms with Crippen LogP contribution in [0.4, 0.5) is 11.4 Å². The van der Waals surface area contributed by atoms with E-state index < -0.39 is 0 Å². The van der Waals surface area contributed by atoms with Crippen molar-refractivity contribution in [2.24, 2.45) is 0 Å². The Kier molecular flexibility index (Phi) is 7.00. The van der Waals surface area contributed by atoms with E-state index in [1.807, 2.05) is 31.2 Å². The summed E-state index contributed by atoms with van der Waals surface area (Å²) < 4.78 is 5.59. The van der Waals surface area contributed by atoms with E-state index in [0.29, 0.717) is 23.6 Å². The fourth-order valence-electron chi connectivity index (χ4n) is 2.28. The number of hydrogen-bond donors (Lipinski definition) is 2. The second kappa shape index (κ2) is 9.43. The highest BCUT2D eigenvalue weighted by Gasteiger charge is 2.09. The van der Waals surface area contributed by atoms with Crippen molar-refractivity contribution in [1.29, 1.82) is 0 Å². The van der Waals surface area contributed by atoms with Crippen LogP contribution in [-0.4, -0.2) is 44.0 Å². The Morgan fingerprint density at radius 1 is 1.07 bits per heavy atom. The summed E-state index contributed by atoms with van der Waals surface area (Å²) in [5, 5.41) is 5.84. The largest absolute Gasteiger partial charge is 0.489 e. The molecule has 0 atom stereocenters. The Morgan fingerprint density at radius 2 is 1.78 bits per heavy atom. The van der Waals surface area contributed by atoms with Crippen LogP contribution in [0.3, 0.4) is 0 Å². The molecule has 0 fully saturated rings. The number of anilines is 2. The number of carbonyl (C=O) groups excluding carboxylic acids is 2. The molecular weight excluding hydrogens is 342 g/mol. The minimum Gasteiger partial charge on any atom is -0.489 e. The average Bonchev–Trinajstić information content (AvgIpc) is 2.64. The van der Waals surface area contributed by atoms with E-state index in [1.54, 1.807) is 38.4 Å². The summed E-state index contributed by atoms with van der Waals surface area (Å²) in [7, 11) is 3.37. The molecule has 0 aromatic heterocycles. The van der Waals surface area contributed by atoms with E-state index in [0.717, 1.165) is 11.3 Å². The molecule has 2 N–H and O–H groups in total. The maximum atomic E-state index is 12.2. The van der Waals surface area contributed by atoms with Crippen molar-refractivity contribution < 1.29 is 14.3 Å². The molecule has 0 radical (unpaired) electrons. The maximum absolute atomic E-state index is 12.2. The van der Waals surface area contributed by atoms with Crippen LogP contribution in [-0.2, 0) is 4.79 Å². The summed E-state index contributed by atoms with van der Waals surface area (Å²) in [5.41, 5.74) is 2.81. The molecule has 2 aromatic carbocycles. The van der Waals surface area contributed by atoms with E-state index in [1.165, 1.54) is 4.90 Å². The van der Waals surface area contributed by atoms with Crippen molar-refractivity contribution in [3.63, 3.8) is 0 Å². The molecule has 142 valence electrons. The van der Waals surface area contributed by atoms with E-state index in [9.17, 15) is 9.59 Å². The van der Waals surface area contributed by atoms with E-state index in [4.69, 9.17) is 4.74 Å². The van der Waals surface area contributed by atoms with Crippen molar-refractivity contribution in [2.75, 3.05) is 37.9 Å². The van der Waals surface area contributed by atoms with Crippen molar-refractivity contribution >= 4 is 23.2 Å². The molecule has 2 rings (SSSR count). The molecule has 0 aliphatic heterocycles. The number of nitrogens with one attached hydrogen (secondary N) is 2. The molecule has 0 heterocycles. The van der Waals surface area contributed by atoms with Gasteiger partial charge in [0.1, 0.15) is 12.4 Å². The molecule has 2 amide bonds. The van der Waals surface area contributed by atoms with Crippen LogP contribution >= 0.6 is 0 Å². The van der Waals surface area contributed by atoms with Gasteiger partial charge in [-0.05, 0) is 42.8 Å². The monoisotopic (exact) mass is 367 g/mol. The van der Waals surface area contributed by atoms with Gasteiger partial charge in [0.2, 0.25) is 5.91 Å². The smallest absolute Gasteiger partial charge is 0.253 e. The lowest BCUT2D eigenvalue weighted by Gasteiger charge is -2.12. The first-order chi connectivity index (χ1) is 12.8. The highest BCUT2D eigenvalue weighted by molar-refractivity contribution is 5.97. The third-order valence-corrected chi connectivity index (χ3v) is 3.57. The first kappa shape index (κ1) is 20.0. The molecule has 0 saturated carbocycles. The third-order valence-electron chi connectivity index (χ3n) is 3.57. The Bertz CT molecular complexity index is 831. The molecule has 0 aliphatic rings. The predicted octanol–water partition coefficient (Wildman–Crippen LogP) is 3.39. The van der Waals surface area contributed by atoms with Gasteiger partial charge < -0.3 is 20.3 Å². The Hall–Kier alpha value is -3.28.